The molecule has 0 fully saturated rings. The minimum atomic E-state index is -5.21. The molecule has 2 heterocycles. The smallest absolute Gasteiger partial charge is 0.382 e. The van der Waals surface area contributed by atoms with E-state index in [2.05, 4.69) is 25.5 Å². The first kappa shape index (κ1) is 26.9. The number of halogens is 7. The van der Waals surface area contributed by atoms with E-state index in [1.807, 2.05) is 0 Å². The van der Waals surface area contributed by atoms with Gasteiger partial charge in [-0.1, -0.05) is 17.4 Å². The van der Waals surface area contributed by atoms with Gasteiger partial charge in [0.2, 0.25) is 5.91 Å². The van der Waals surface area contributed by atoms with Crippen molar-refractivity contribution in [2.75, 3.05) is 11.1 Å². The lowest BCUT2D eigenvalue weighted by molar-refractivity contribution is -0.143. The molecule has 4 aromatic rings. The Bertz CT molecular complexity index is 1440. The Balaban J connectivity index is 1.75. The summed E-state index contributed by atoms with van der Waals surface area (Å²) in [4.78, 5) is 21.1. The summed E-state index contributed by atoms with van der Waals surface area (Å²) in [6, 6.07) is 5.47. The van der Waals surface area contributed by atoms with Crippen LogP contribution in [-0.2, 0) is 23.6 Å². The zero-order valence-electron chi connectivity index (χ0n) is 18.8. The van der Waals surface area contributed by atoms with E-state index in [1.165, 1.54) is 24.5 Å². The first-order chi connectivity index (χ1) is 17.8. The highest BCUT2D eigenvalue weighted by Gasteiger charge is 2.41. The summed E-state index contributed by atoms with van der Waals surface area (Å²) < 4.78 is 94.6. The van der Waals surface area contributed by atoms with Crippen molar-refractivity contribution in [3.63, 3.8) is 0 Å². The van der Waals surface area contributed by atoms with Crippen molar-refractivity contribution < 1.29 is 35.5 Å². The molecular weight excluding hydrogens is 541 g/mol. The van der Waals surface area contributed by atoms with Crippen LogP contribution in [0, 0.1) is 5.82 Å². The lowest BCUT2D eigenvalue weighted by Gasteiger charge is -2.22. The predicted octanol–water partition coefficient (Wildman–Crippen LogP) is 5.72. The largest absolute Gasteiger partial charge is 0.416 e. The molecule has 3 N–H and O–H groups in total. The number of amides is 1. The third-order valence-electron chi connectivity index (χ3n) is 5.23. The Morgan fingerprint density at radius 1 is 0.947 bits per heavy atom. The standard InChI is InChI=1S/C23H15F7N6OS/c24-12-2-4-13(5-3-12)34-20(37)15(8-19-35-36-21(38-19)17-9-33-18(31)10-32-17)14-6-1-11(22(25,26)27)7-16(14)23(28,29)30/h1-7,9-10,15H,8H2,(H2,31,33)(H,34,37). The van der Waals surface area contributed by atoms with Gasteiger partial charge < -0.3 is 11.1 Å². The highest BCUT2D eigenvalue weighted by Crippen LogP contribution is 2.41. The normalized spacial score (nSPS) is 12.8. The molecule has 0 saturated carbocycles. The Labute approximate surface area is 213 Å². The number of carbonyl (C=O) groups is 1. The van der Waals surface area contributed by atoms with Crippen LogP contribution >= 0.6 is 11.3 Å². The lowest BCUT2D eigenvalue weighted by Crippen LogP contribution is -2.26. The molecule has 4 rings (SSSR count). The second-order valence-electron chi connectivity index (χ2n) is 7.88. The van der Waals surface area contributed by atoms with Crippen molar-refractivity contribution >= 4 is 28.7 Å². The molecule has 2 aromatic carbocycles. The number of alkyl halides is 6. The number of hydrogen-bond donors (Lipinski definition) is 2. The molecule has 0 spiro atoms. The molecule has 0 radical (unpaired) electrons. The molecule has 0 saturated heterocycles. The van der Waals surface area contributed by atoms with Gasteiger partial charge in [-0.15, -0.1) is 10.2 Å². The molecule has 1 unspecified atom stereocenters. The van der Waals surface area contributed by atoms with E-state index in [1.54, 1.807) is 0 Å². The van der Waals surface area contributed by atoms with Gasteiger partial charge in [-0.3, -0.25) is 4.79 Å². The number of anilines is 2. The third-order valence-corrected chi connectivity index (χ3v) is 6.19. The minimum Gasteiger partial charge on any atom is -0.382 e. The highest BCUT2D eigenvalue weighted by atomic mass is 32.1. The van der Waals surface area contributed by atoms with Crippen LogP contribution in [0.4, 0.5) is 42.2 Å². The fraction of sp³-hybridized carbons (Fsp3) is 0.174. The summed E-state index contributed by atoms with van der Waals surface area (Å²) >= 11 is 0.905. The van der Waals surface area contributed by atoms with Crippen molar-refractivity contribution in [3.05, 3.63) is 82.4 Å². The number of carbonyl (C=O) groups excluding carboxylic acids is 1. The summed E-state index contributed by atoms with van der Waals surface area (Å²) in [7, 11) is 0. The average molecular weight is 556 g/mol. The van der Waals surface area contributed by atoms with Crippen LogP contribution in [0.2, 0.25) is 0 Å². The van der Waals surface area contributed by atoms with E-state index in [9.17, 15) is 35.5 Å². The quantitative estimate of drug-likeness (QED) is 0.295. The van der Waals surface area contributed by atoms with Gasteiger partial charge in [-0.05, 0) is 42.0 Å². The van der Waals surface area contributed by atoms with Crippen LogP contribution < -0.4 is 11.1 Å². The van der Waals surface area contributed by atoms with Crippen molar-refractivity contribution in [1.82, 2.24) is 20.2 Å². The molecule has 1 atom stereocenters. The summed E-state index contributed by atoms with van der Waals surface area (Å²) in [5, 5.41) is 10.5. The number of nitrogens with two attached hydrogens (primary N) is 1. The molecule has 2 aromatic heterocycles. The molecule has 198 valence electrons. The second kappa shape index (κ2) is 10.3. The molecule has 38 heavy (non-hydrogen) atoms. The minimum absolute atomic E-state index is 0.0387. The van der Waals surface area contributed by atoms with E-state index in [-0.39, 0.29) is 33.3 Å². The number of nitrogens with zero attached hydrogens (tertiary/aromatic N) is 4. The van der Waals surface area contributed by atoms with Crippen molar-refractivity contribution in [2.24, 2.45) is 0 Å². The van der Waals surface area contributed by atoms with Crippen LogP contribution in [0.25, 0.3) is 10.7 Å². The zero-order valence-corrected chi connectivity index (χ0v) is 19.6. The molecule has 0 aliphatic heterocycles. The van der Waals surface area contributed by atoms with Gasteiger partial charge in [0.15, 0.2) is 5.01 Å². The number of hydrogen-bond acceptors (Lipinski definition) is 7. The maximum Gasteiger partial charge on any atom is 0.416 e. The van der Waals surface area contributed by atoms with Crippen LogP contribution in [0.5, 0.6) is 0 Å². The van der Waals surface area contributed by atoms with Gasteiger partial charge >= 0.3 is 12.4 Å². The Morgan fingerprint density at radius 3 is 2.26 bits per heavy atom. The topological polar surface area (TPSA) is 107 Å². The maximum absolute atomic E-state index is 13.9. The van der Waals surface area contributed by atoms with Crippen molar-refractivity contribution in [1.29, 1.82) is 0 Å². The SMILES string of the molecule is Nc1cnc(-c2nnc(CC(C(=O)Nc3ccc(F)cc3)c3ccc(C(F)(F)F)cc3C(F)(F)F)s2)cn1. The van der Waals surface area contributed by atoms with Gasteiger partial charge in [0.1, 0.15) is 22.3 Å². The molecule has 15 heteroatoms. The van der Waals surface area contributed by atoms with Gasteiger partial charge in [0.05, 0.1) is 29.4 Å². The monoisotopic (exact) mass is 556 g/mol. The highest BCUT2D eigenvalue weighted by molar-refractivity contribution is 7.14. The molecule has 0 bridgehead atoms. The first-order valence-electron chi connectivity index (χ1n) is 10.6. The summed E-state index contributed by atoms with van der Waals surface area (Å²) in [6.07, 6.45) is -8.14. The van der Waals surface area contributed by atoms with Crippen molar-refractivity contribution in [2.45, 2.75) is 24.7 Å². The summed E-state index contributed by atoms with van der Waals surface area (Å²) in [5.74, 6) is -3.10. The fourth-order valence-corrected chi connectivity index (χ4v) is 4.30. The first-order valence-corrected chi connectivity index (χ1v) is 11.4. The molecule has 0 aliphatic rings. The van der Waals surface area contributed by atoms with Gasteiger partial charge in [0.25, 0.3) is 0 Å². The predicted molar refractivity (Wildman–Crippen MR) is 123 cm³/mol. The van der Waals surface area contributed by atoms with E-state index in [4.69, 9.17) is 5.73 Å². The summed E-state index contributed by atoms with van der Waals surface area (Å²) in [5.41, 5.74) is 1.98. The van der Waals surface area contributed by atoms with E-state index in [0.29, 0.717) is 12.1 Å². The van der Waals surface area contributed by atoms with E-state index >= 15 is 0 Å². The molecule has 0 aliphatic carbocycles. The van der Waals surface area contributed by atoms with Gasteiger partial charge in [-0.25, -0.2) is 14.4 Å². The number of aromatic nitrogens is 4. The van der Waals surface area contributed by atoms with Crippen molar-refractivity contribution in [3.8, 4) is 10.7 Å². The Hall–Kier alpha value is -4.14. The third kappa shape index (κ3) is 6.22. The number of nitrogen functional groups attached to an aromatic ring is 1. The molecule has 1 amide bonds. The fourth-order valence-electron chi connectivity index (χ4n) is 3.45. The lowest BCUT2D eigenvalue weighted by atomic mass is 9.89. The van der Waals surface area contributed by atoms with E-state index < -0.39 is 53.1 Å². The number of nitrogens with one attached hydrogen (secondary N) is 1. The van der Waals surface area contributed by atoms with Crippen LogP contribution in [0.3, 0.4) is 0 Å². The average Bonchev–Trinajstić information content (AvgIpc) is 3.31. The summed E-state index contributed by atoms with van der Waals surface area (Å²) in [6.45, 7) is 0. The van der Waals surface area contributed by atoms with Crippen LogP contribution in [-0.4, -0.2) is 26.1 Å². The Kier molecular flexibility index (Phi) is 7.31. The Morgan fingerprint density at radius 2 is 1.66 bits per heavy atom. The zero-order chi connectivity index (χ0) is 27.7. The van der Waals surface area contributed by atoms with Gasteiger partial charge in [0, 0.05) is 12.1 Å². The second-order valence-corrected chi connectivity index (χ2v) is 8.94. The van der Waals surface area contributed by atoms with Crippen LogP contribution in [0.1, 0.15) is 27.6 Å². The maximum atomic E-state index is 13.9. The van der Waals surface area contributed by atoms with Gasteiger partial charge in [-0.2, -0.15) is 26.3 Å². The molecular formula is C23H15F7N6OS. The number of benzene rings is 2. The number of rotatable bonds is 6. The van der Waals surface area contributed by atoms with E-state index in [0.717, 1.165) is 23.5 Å². The van der Waals surface area contributed by atoms with Crippen LogP contribution in [0.15, 0.2) is 54.9 Å². The molecule has 7 nitrogen and oxygen atoms in total.